The van der Waals surface area contributed by atoms with Crippen molar-refractivity contribution in [3.05, 3.63) is 146 Å². The zero-order valence-corrected chi connectivity index (χ0v) is 31.4. The number of fused-ring (bicyclic) bond motifs is 2. The Morgan fingerprint density at radius 2 is 1.24 bits per heavy atom. The summed E-state index contributed by atoms with van der Waals surface area (Å²) in [7, 11) is -1.28. The second kappa shape index (κ2) is 12.5. The van der Waals surface area contributed by atoms with Gasteiger partial charge in [-0.25, -0.2) is 0 Å². The summed E-state index contributed by atoms with van der Waals surface area (Å²) in [6.45, 7) is 14.2. The Kier molecular flexibility index (Phi) is 9.75. The number of hydrogen-bond donors (Lipinski definition) is 0. The number of benzene rings is 4. The Bertz CT molecular complexity index is 1880. The Balaban J connectivity index is 0.00000202. The van der Waals surface area contributed by atoms with E-state index in [0.29, 0.717) is 0 Å². The van der Waals surface area contributed by atoms with Crippen molar-refractivity contribution >= 4 is 27.7 Å². The standard InChI is InChI=1S/C38H37Si.2ClH.Hf/c1-37(2,3)28-22-21-27-23-33-32(31(27)24-28)25-34(38(4,5)6)36(35(33)26-15-13-14-16-26)39(29-17-9-7-10-18-29)30-19-11-8-12-20-30;;;/h7-15,17-22,24-25H,16H2,1-6H3;2*1H;/q;;;+2/p-2. The minimum Gasteiger partial charge on any atom is -1.00 e. The van der Waals surface area contributed by atoms with E-state index in [1.807, 2.05) is 0 Å². The molecule has 211 valence electrons. The first-order chi connectivity index (χ1) is 19.1. The molecule has 4 heteroatoms. The smallest absolute Gasteiger partial charge is 1.00 e. The van der Waals surface area contributed by atoms with Crippen LogP contribution in [-0.4, -0.2) is 8.41 Å². The van der Waals surface area contributed by atoms with Crippen LogP contribution in [0.25, 0.3) is 8.90 Å². The van der Waals surface area contributed by atoms with E-state index in [9.17, 15) is 0 Å². The van der Waals surface area contributed by atoms with Gasteiger partial charge in [0.15, 0.2) is 0 Å². The number of hydrogen-bond acceptors (Lipinski definition) is 0. The molecule has 4 aromatic carbocycles. The van der Waals surface area contributed by atoms with Crippen molar-refractivity contribution in [3.63, 3.8) is 0 Å². The summed E-state index contributed by atoms with van der Waals surface area (Å²) >= 11 is 1.01. The number of allylic oxidation sites excluding steroid dienone is 4. The predicted octanol–water partition coefficient (Wildman–Crippen LogP) is 1.08. The van der Waals surface area contributed by atoms with Crippen molar-refractivity contribution in [1.29, 1.82) is 0 Å². The van der Waals surface area contributed by atoms with E-state index in [2.05, 4.69) is 145 Å². The van der Waals surface area contributed by atoms with Crippen LogP contribution >= 0.6 is 0 Å². The second-order valence-corrected chi connectivity index (χ2v) is 17.4. The molecule has 0 amide bonds. The minimum atomic E-state index is -1.28. The van der Waals surface area contributed by atoms with E-state index < -0.39 is 8.41 Å². The first-order valence-electron chi connectivity index (χ1n) is 14.4. The van der Waals surface area contributed by atoms with Gasteiger partial charge < -0.3 is 24.8 Å². The fraction of sp³-hybridized carbons (Fsp3) is 0.237. The van der Waals surface area contributed by atoms with Crippen LogP contribution in [0.1, 0.15) is 70.2 Å². The molecule has 0 aliphatic heterocycles. The molecule has 0 heterocycles. The molecule has 0 atom stereocenters. The van der Waals surface area contributed by atoms with Crippen LogP contribution in [0, 0.1) is 15.3 Å². The van der Waals surface area contributed by atoms with Gasteiger partial charge in [0.2, 0.25) is 0 Å². The maximum absolute atomic E-state index is 2.60. The minimum absolute atomic E-state index is 0. The van der Waals surface area contributed by atoms with Gasteiger partial charge in [0.1, 0.15) is 0 Å². The average Bonchev–Trinajstić information content (AvgIpc) is 3.56. The van der Waals surface area contributed by atoms with Gasteiger partial charge in [0.25, 0.3) is 0 Å². The molecule has 0 nitrogen and oxygen atoms in total. The summed E-state index contributed by atoms with van der Waals surface area (Å²) in [4.78, 5) is 1.58. The van der Waals surface area contributed by atoms with Gasteiger partial charge in [-0.05, 0) is 0 Å². The normalized spacial score (nSPS) is 13.6. The Labute approximate surface area is 279 Å². The Morgan fingerprint density at radius 1 is 0.643 bits per heavy atom. The molecule has 4 aromatic rings. The van der Waals surface area contributed by atoms with E-state index >= 15 is 0 Å². The van der Waals surface area contributed by atoms with Crippen molar-refractivity contribution in [2.45, 2.75) is 58.8 Å². The van der Waals surface area contributed by atoms with Crippen LogP contribution in [0.2, 0.25) is 0 Å². The van der Waals surface area contributed by atoms with Crippen LogP contribution in [0.3, 0.4) is 0 Å². The van der Waals surface area contributed by atoms with Gasteiger partial charge in [-0.2, -0.15) is 0 Å². The molecule has 0 bridgehead atoms. The van der Waals surface area contributed by atoms with E-state index in [1.54, 1.807) is 8.14 Å². The summed E-state index contributed by atoms with van der Waals surface area (Å²) in [5.41, 5.74) is 7.54. The van der Waals surface area contributed by atoms with Crippen molar-refractivity contribution in [3.8, 4) is 0 Å². The maximum atomic E-state index is 2.60. The van der Waals surface area contributed by atoms with Gasteiger partial charge >= 0.3 is 257 Å². The molecule has 0 saturated carbocycles. The zero-order chi connectivity index (χ0) is 28.2. The number of halogens is 2. The Hall–Kier alpha value is -2.10. The van der Waals surface area contributed by atoms with E-state index in [1.165, 1.54) is 53.9 Å². The maximum Gasteiger partial charge on any atom is -1.00 e. The molecular formula is C38H37Cl2HfSi. The Morgan fingerprint density at radius 3 is 1.74 bits per heavy atom. The summed E-state index contributed by atoms with van der Waals surface area (Å²) in [6.07, 6.45) is 7.99. The van der Waals surface area contributed by atoms with Gasteiger partial charge in [-0.15, -0.1) is 0 Å². The summed E-state index contributed by atoms with van der Waals surface area (Å²) in [5, 5.41) is 7.25. The van der Waals surface area contributed by atoms with Crippen LogP contribution in [0.5, 0.6) is 0 Å². The second-order valence-electron chi connectivity index (χ2n) is 13.2. The van der Waals surface area contributed by atoms with Crippen molar-refractivity contribution in [2.24, 2.45) is 0 Å². The molecule has 0 spiro atoms. The molecule has 6 rings (SSSR count). The molecule has 0 unspecified atom stereocenters. The van der Waals surface area contributed by atoms with E-state index in [-0.39, 0.29) is 35.6 Å². The van der Waals surface area contributed by atoms with Crippen LogP contribution < -0.4 is 40.4 Å². The summed E-state index contributed by atoms with van der Waals surface area (Å²) in [5.74, 6) is 0. The monoisotopic (exact) mass is 771 g/mol. The molecule has 2 aliphatic carbocycles. The third-order valence-electron chi connectivity index (χ3n) is 8.30. The van der Waals surface area contributed by atoms with Crippen molar-refractivity contribution < 1.29 is 49.2 Å². The SMILES string of the molecule is CC(C)(C)c1ccc2c(c1)=c1cc(C(C)(C)C)c(=[Si](c3ccccc3)c3ccccc3)c(C3=CC=CC3)c1[C]=2[Hf+2].[Cl-].[Cl-]. The zero-order valence-electron chi connectivity index (χ0n) is 25.3. The fourth-order valence-corrected chi connectivity index (χ4v) is 11.1. The molecule has 0 fully saturated rings. The van der Waals surface area contributed by atoms with Crippen LogP contribution in [0.15, 0.2) is 103 Å². The van der Waals surface area contributed by atoms with Crippen molar-refractivity contribution in [1.82, 2.24) is 0 Å². The molecular weight excluding hydrogens is 734 g/mol. The molecule has 2 aliphatic rings. The van der Waals surface area contributed by atoms with Crippen molar-refractivity contribution in [2.75, 3.05) is 0 Å². The van der Waals surface area contributed by atoms with E-state index in [4.69, 9.17) is 0 Å². The van der Waals surface area contributed by atoms with Gasteiger partial charge in [-0.3, -0.25) is 0 Å². The van der Waals surface area contributed by atoms with E-state index in [0.717, 1.165) is 30.8 Å². The molecule has 0 radical (unpaired) electrons. The quantitative estimate of drug-likeness (QED) is 0.274. The summed E-state index contributed by atoms with van der Waals surface area (Å²) in [6, 6.07) is 32.5. The van der Waals surface area contributed by atoms with Gasteiger partial charge in [-0.1, -0.05) is 0 Å². The van der Waals surface area contributed by atoms with Crippen LogP contribution in [-0.2, 0) is 35.2 Å². The fourth-order valence-electron chi connectivity index (χ4n) is 6.21. The van der Waals surface area contributed by atoms with Crippen LogP contribution in [0.4, 0.5) is 0 Å². The van der Waals surface area contributed by atoms with Gasteiger partial charge in [0, 0.05) is 0 Å². The predicted molar refractivity (Wildman–Crippen MR) is 169 cm³/mol. The molecule has 0 N–H and O–H groups in total. The third-order valence-corrected chi connectivity index (χ3v) is 13.0. The first-order valence-corrected chi connectivity index (χ1v) is 17.7. The largest absolute Gasteiger partial charge is 1.00 e. The first kappa shape index (κ1) is 32.8. The molecule has 42 heavy (non-hydrogen) atoms. The van der Waals surface area contributed by atoms with Gasteiger partial charge in [0.05, 0.1) is 0 Å². The molecule has 0 saturated heterocycles. The topological polar surface area (TPSA) is 0 Å². The third kappa shape index (κ3) is 5.85. The summed E-state index contributed by atoms with van der Waals surface area (Å²) < 4.78 is 1.55. The molecule has 0 aromatic heterocycles. The number of rotatable bonds is 3. The average molecular weight is 771 g/mol.